The largest absolute Gasteiger partial charge is 0.481 e. The summed E-state index contributed by atoms with van der Waals surface area (Å²) in [5.74, 6) is -0.414. The van der Waals surface area contributed by atoms with Gasteiger partial charge in [0.2, 0.25) is 5.88 Å². The maximum absolute atomic E-state index is 11.4. The summed E-state index contributed by atoms with van der Waals surface area (Å²) in [6, 6.07) is 10.9. The molecule has 0 aliphatic rings. The summed E-state index contributed by atoms with van der Waals surface area (Å²) in [4.78, 5) is 11.4. The number of carbonyl (C=O) groups is 1. The third kappa shape index (κ3) is 4.29. The zero-order valence-corrected chi connectivity index (χ0v) is 14.2. The van der Waals surface area contributed by atoms with Crippen molar-refractivity contribution in [3.8, 4) is 17.1 Å². The van der Waals surface area contributed by atoms with Crippen LogP contribution >= 0.6 is 0 Å². The molecule has 0 atom stereocenters. The predicted molar refractivity (Wildman–Crippen MR) is 90.1 cm³/mol. The van der Waals surface area contributed by atoms with E-state index < -0.39 is 11.4 Å². The van der Waals surface area contributed by atoms with Crippen LogP contribution in [0.2, 0.25) is 0 Å². The molecule has 1 aromatic heterocycles. The number of benzene rings is 1. The smallest absolute Gasteiger partial charge is 0.313 e. The average molecular weight is 330 g/mol. The van der Waals surface area contributed by atoms with E-state index in [2.05, 4.69) is 10.2 Å². The van der Waals surface area contributed by atoms with Gasteiger partial charge in [0.25, 0.3) is 0 Å². The Balaban J connectivity index is 2.13. The Kier molecular flexibility index (Phi) is 5.87. The van der Waals surface area contributed by atoms with E-state index in [0.29, 0.717) is 30.4 Å². The number of hydrogen-bond acceptors (Lipinski definition) is 5. The number of rotatable bonds is 8. The Hall–Kier alpha value is -2.47. The van der Waals surface area contributed by atoms with Gasteiger partial charge in [-0.1, -0.05) is 18.2 Å². The number of ether oxygens (including phenoxy) is 2. The van der Waals surface area contributed by atoms with Crippen LogP contribution in [0.5, 0.6) is 5.88 Å². The Labute approximate surface area is 141 Å². The number of aliphatic carboxylic acids is 1. The number of carboxylic acids is 1. The maximum Gasteiger partial charge on any atom is 0.313 e. The molecule has 6 nitrogen and oxygen atoms in total. The van der Waals surface area contributed by atoms with E-state index in [1.165, 1.54) is 0 Å². The highest BCUT2D eigenvalue weighted by Gasteiger charge is 2.29. The summed E-state index contributed by atoms with van der Waals surface area (Å²) in [6.07, 6.45) is 0.784. The van der Waals surface area contributed by atoms with Crippen molar-refractivity contribution in [2.75, 3.05) is 20.3 Å². The Morgan fingerprint density at radius 2 is 1.96 bits per heavy atom. The molecule has 6 heteroatoms. The molecule has 0 aliphatic heterocycles. The minimum Gasteiger partial charge on any atom is -0.481 e. The van der Waals surface area contributed by atoms with Crippen LogP contribution in [0.1, 0.15) is 25.8 Å². The van der Waals surface area contributed by atoms with Crippen molar-refractivity contribution in [3.05, 3.63) is 42.0 Å². The summed E-state index contributed by atoms with van der Waals surface area (Å²) < 4.78 is 10.4. The van der Waals surface area contributed by atoms with Gasteiger partial charge in [-0.05, 0) is 31.5 Å². The number of aromatic nitrogens is 2. The lowest BCUT2D eigenvalue weighted by Gasteiger charge is -2.20. The normalized spacial score (nSPS) is 11.3. The van der Waals surface area contributed by atoms with Crippen LogP contribution < -0.4 is 4.74 Å². The van der Waals surface area contributed by atoms with Crippen molar-refractivity contribution < 1.29 is 19.4 Å². The molecule has 0 amide bonds. The fourth-order valence-electron chi connectivity index (χ4n) is 2.12. The van der Waals surface area contributed by atoms with Crippen molar-refractivity contribution in [1.82, 2.24) is 10.2 Å². The van der Waals surface area contributed by atoms with Crippen LogP contribution in [0.15, 0.2) is 36.4 Å². The van der Waals surface area contributed by atoms with Crippen LogP contribution in [0, 0.1) is 0 Å². The molecule has 0 aliphatic carbocycles. The molecule has 0 saturated heterocycles. The summed E-state index contributed by atoms with van der Waals surface area (Å²) in [5, 5.41) is 17.6. The van der Waals surface area contributed by atoms with E-state index in [0.717, 1.165) is 12.0 Å². The predicted octanol–water partition coefficient (Wildman–Crippen LogP) is 2.92. The molecule has 2 aromatic rings. The molecule has 2 rings (SSSR count). The third-order valence-electron chi connectivity index (χ3n) is 3.80. The number of hydrogen-bond donors (Lipinski definition) is 1. The number of carboxylic acid groups (broad SMARTS) is 1. The molecule has 0 unspecified atom stereocenters. The highest BCUT2D eigenvalue weighted by Crippen LogP contribution is 2.27. The number of methoxy groups -OCH3 is 1. The molecule has 0 radical (unpaired) electrons. The zero-order valence-electron chi connectivity index (χ0n) is 14.2. The second kappa shape index (κ2) is 7.88. The molecular formula is C18H22N2O4. The van der Waals surface area contributed by atoms with Crippen LogP contribution in [0.25, 0.3) is 11.3 Å². The standard InChI is InChI=1S/C18H22N2O4/c1-18(2,17(21)22)14-7-4-6-13(12-14)15-8-9-16(20-19-15)24-11-5-10-23-3/h4,6-9,12H,5,10-11H2,1-3H3,(H,21,22). The van der Waals surface area contributed by atoms with E-state index in [9.17, 15) is 9.90 Å². The first kappa shape index (κ1) is 17.9. The fraction of sp³-hybridized carbons (Fsp3) is 0.389. The molecule has 0 spiro atoms. The summed E-state index contributed by atoms with van der Waals surface area (Å²) in [7, 11) is 1.65. The summed E-state index contributed by atoms with van der Waals surface area (Å²) >= 11 is 0. The summed E-state index contributed by atoms with van der Waals surface area (Å²) in [6.45, 7) is 4.51. The first-order valence-corrected chi connectivity index (χ1v) is 7.75. The lowest BCUT2D eigenvalue weighted by Crippen LogP contribution is -2.28. The van der Waals surface area contributed by atoms with Crippen LogP contribution in [-0.2, 0) is 14.9 Å². The van der Waals surface area contributed by atoms with Crippen molar-refractivity contribution in [2.24, 2.45) is 0 Å². The maximum atomic E-state index is 11.4. The monoisotopic (exact) mass is 330 g/mol. The minimum absolute atomic E-state index is 0.455. The molecule has 0 bridgehead atoms. The molecule has 0 fully saturated rings. The second-order valence-electron chi connectivity index (χ2n) is 5.96. The Morgan fingerprint density at radius 3 is 2.58 bits per heavy atom. The van der Waals surface area contributed by atoms with Crippen LogP contribution in [-0.4, -0.2) is 41.6 Å². The van der Waals surface area contributed by atoms with Gasteiger partial charge in [0.1, 0.15) is 0 Å². The zero-order chi connectivity index (χ0) is 17.6. The minimum atomic E-state index is -0.964. The van der Waals surface area contributed by atoms with E-state index in [4.69, 9.17) is 9.47 Å². The Morgan fingerprint density at radius 1 is 1.17 bits per heavy atom. The van der Waals surface area contributed by atoms with Gasteiger partial charge in [0.15, 0.2) is 0 Å². The first-order chi connectivity index (χ1) is 11.4. The Bertz CT molecular complexity index is 684. The van der Waals surface area contributed by atoms with Crippen molar-refractivity contribution in [3.63, 3.8) is 0 Å². The first-order valence-electron chi connectivity index (χ1n) is 7.75. The van der Waals surface area contributed by atoms with Crippen LogP contribution in [0.4, 0.5) is 0 Å². The van der Waals surface area contributed by atoms with E-state index in [1.54, 1.807) is 33.1 Å². The van der Waals surface area contributed by atoms with Gasteiger partial charge in [-0.15, -0.1) is 10.2 Å². The lowest BCUT2D eigenvalue weighted by atomic mass is 9.84. The number of nitrogens with zero attached hydrogens (tertiary/aromatic N) is 2. The van der Waals surface area contributed by atoms with Gasteiger partial charge in [-0.25, -0.2) is 0 Å². The molecule has 1 heterocycles. The quantitative estimate of drug-likeness (QED) is 0.750. The van der Waals surface area contributed by atoms with Gasteiger partial charge in [0, 0.05) is 31.8 Å². The van der Waals surface area contributed by atoms with Crippen molar-refractivity contribution in [2.45, 2.75) is 25.7 Å². The van der Waals surface area contributed by atoms with Crippen molar-refractivity contribution >= 4 is 5.97 Å². The van der Waals surface area contributed by atoms with Gasteiger partial charge in [-0.3, -0.25) is 4.79 Å². The molecule has 0 saturated carbocycles. The molecule has 1 aromatic carbocycles. The second-order valence-corrected chi connectivity index (χ2v) is 5.96. The van der Waals surface area contributed by atoms with Gasteiger partial charge < -0.3 is 14.6 Å². The average Bonchev–Trinajstić information content (AvgIpc) is 2.59. The van der Waals surface area contributed by atoms with Crippen molar-refractivity contribution in [1.29, 1.82) is 0 Å². The van der Waals surface area contributed by atoms with Gasteiger partial charge >= 0.3 is 5.97 Å². The SMILES string of the molecule is COCCCOc1ccc(-c2cccc(C(C)(C)C(=O)O)c2)nn1. The molecular weight excluding hydrogens is 308 g/mol. The highest BCUT2D eigenvalue weighted by molar-refractivity contribution is 5.81. The topological polar surface area (TPSA) is 81.5 Å². The lowest BCUT2D eigenvalue weighted by molar-refractivity contribution is -0.142. The van der Waals surface area contributed by atoms with E-state index in [-0.39, 0.29) is 0 Å². The molecule has 1 N–H and O–H groups in total. The summed E-state index contributed by atoms with van der Waals surface area (Å²) in [5.41, 5.74) is 1.24. The van der Waals surface area contributed by atoms with Crippen LogP contribution in [0.3, 0.4) is 0 Å². The van der Waals surface area contributed by atoms with E-state index in [1.807, 2.05) is 24.3 Å². The molecule has 24 heavy (non-hydrogen) atoms. The van der Waals surface area contributed by atoms with Gasteiger partial charge in [-0.2, -0.15) is 0 Å². The fourth-order valence-corrected chi connectivity index (χ4v) is 2.12. The van der Waals surface area contributed by atoms with E-state index >= 15 is 0 Å². The molecule has 128 valence electrons. The highest BCUT2D eigenvalue weighted by atomic mass is 16.5. The third-order valence-corrected chi connectivity index (χ3v) is 3.80. The van der Waals surface area contributed by atoms with Gasteiger partial charge in [0.05, 0.1) is 17.7 Å².